The number of nitrogens with two attached hydrogens (primary N) is 1. The molecule has 19 heavy (non-hydrogen) atoms. The minimum absolute atomic E-state index is 0.405. The van der Waals surface area contributed by atoms with Gasteiger partial charge in [-0.2, -0.15) is 0 Å². The molecule has 0 aliphatic heterocycles. The molecule has 0 radical (unpaired) electrons. The van der Waals surface area contributed by atoms with Gasteiger partial charge in [0.2, 0.25) is 0 Å². The number of tetrazole rings is 1. The Labute approximate surface area is 111 Å². The van der Waals surface area contributed by atoms with E-state index in [1.165, 1.54) is 0 Å². The number of anilines is 1. The van der Waals surface area contributed by atoms with Crippen LogP contribution in [0.2, 0.25) is 0 Å². The Balaban J connectivity index is 1.99. The Kier molecular flexibility index (Phi) is 2.85. The van der Waals surface area contributed by atoms with E-state index in [1.807, 2.05) is 23.7 Å². The molecule has 1 aliphatic carbocycles. The molecule has 1 saturated carbocycles. The van der Waals surface area contributed by atoms with E-state index in [1.54, 1.807) is 6.07 Å². The van der Waals surface area contributed by atoms with Crippen molar-refractivity contribution in [1.82, 2.24) is 20.2 Å². The SMILES string of the molecule is CCOc1cc(N)cc(-c2nnnn2C2CC2C)c1. The van der Waals surface area contributed by atoms with Crippen molar-refractivity contribution in [2.24, 2.45) is 5.92 Å². The molecule has 2 unspecified atom stereocenters. The van der Waals surface area contributed by atoms with Gasteiger partial charge in [-0.1, -0.05) is 6.92 Å². The predicted octanol–water partition coefficient (Wildman–Crippen LogP) is 1.90. The maximum Gasteiger partial charge on any atom is 0.182 e. The molecule has 0 amide bonds. The largest absolute Gasteiger partial charge is 0.494 e. The zero-order valence-electron chi connectivity index (χ0n) is 11.1. The molecule has 0 spiro atoms. The topological polar surface area (TPSA) is 78.8 Å². The molecular formula is C13H17N5O. The minimum Gasteiger partial charge on any atom is -0.494 e. The maximum absolute atomic E-state index is 5.91. The molecule has 100 valence electrons. The highest BCUT2D eigenvalue weighted by Gasteiger charge is 2.37. The number of ether oxygens (including phenoxy) is 1. The van der Waals surface area contributed by atoms with Crippen LogP contribution < -0.4 is 10.5 Å². The summed E-state index contributed by atoms with van der Waals surface area (Å²) in [6.07, 6.45) is 1.12. The second-order valence-electron chi connectivity index (χ2n) is 4.95. The third kappa shape index (κ3) is 2.25. The van der Waals surface area contributed by atoms with Gasteiger partial charge in [-0.25, -0.2) is 4.68 Å². The van der Waals surface area contributed by atoms with Crippen molar-refractivity contribution in [2.75, 3.05) is 12.3 Å². The van der Waals surface area contributed by atoms with E-state index >= 15 is 0 Å². The third-order valence-electron chi connectivity index (χ3n) is 3.37. The fourth-order valence-electron chi connectivity index (χ4n) is 2.25. The van der Waals surface area contributed by atoms with Crippen molar-refractivity contribution in [3.8, 4) is 17.1 Å². The van der Waals surface area contributed by atoms with Crippen molar-refractivity contribution in [1.29, 1.82) is 0 Å². The Morgan fingerprint density at radius 2 is 2.21 bits per heavy atom. The van der Waals surface area contributed by atoms with Crippen LogP contribution in [-0.2, 0) is 0 Å². The molecule has 1 aromatic heterocycles. The molecule has 1 aromatic carbocycles. The summed E-state index contributed by atoms with van der Waals surface area (Å²) in [6, 6.07) is 6.01. The minimum atomic E-state index is 0.405. The van der Waals surface area contributed by atoms with Gasteiger partial charge in [0.05, 0.1) is 12.6 Å². The Bertz CT molecular complexity index is 594. The van der Waals surface area contributed by atoms with Crippen molar-refractivity contribution in [3.05, 3.63) is 18.2 Å². The summed E-state index contributed by atoms with van der Waals surface area (Å²) in [4.78, 5) is 0. The van der Waals surface area contributed by atoms with Gasteiger partial charge in [-0.15, -0.1) is 5.10 Å². The lowest BCUT2D eigenvalue weighted by Crippen LogP contribution is -2.02. The average Bonchev–Trinajstić information content (AvgIpc) is 2.91. The first-order valence-electron chi connectivity index (χ1n) is 6.50. The predicted molar refractivity (Wildman–Crippen MR) is 71.7 cm³/mol. The van der Waals surface area contributed by atoms with E-state index < -0.39 is 0 Å². The number of nitrogens with zero attached hydrogens (tertiary/aromatic N) is 4. The van der Waals surface area contributed by atoms with E-state index in [-0.39, 0.29) is 0 Å². The highest BCUT2D eigenvalue weighted by molar-refractivity contribution is 5.64. The second-order valence-corrected chi connectivity index (χ2v) is 4.95. The van der Waals surface area contributed by atoms with Crippen molar-refractivity contribution in [3.63, 3.8) is 0 Å². The summed E-state index contributed by atoms with van der Waals surface area (Å²) >= 11 is 0. The Morgan fingerprint density at radius 1 is 1.42 bits per heavy atom. The summed E-state index contributed by atoms with van der Waals surface area (Å²) in [5.41, 5.74) is 7.46. The highest BCUT2D eigenvalue weighted by Crippen LogP contribution is 2.43. The van der Waals surface area contributed by atoms with Crippen LogP contribution >= 0.6 is 0 Å². The molecule has 0 bridgehead atoms. The lowest BCUT2D eigenvalue weighted by Gasteiger charge is -2.08. The van der Waals surface area contributed by atoms with Crippen LogP contribution in [0.5, 0.6) is 5.75 Å². The van der Waals surface area contributed by atoms with E-state index in [4.69, 9.17) is 10.5 Å². The van der Waals surface area contributed by atoms with Gasteiger partial charge in [-0.05, 0) is 41.8 Å². The van der Waals surface area contributed by atoms with Crippen LogP contribution in [0.15, 0.2) is 18.2 Å². The Morgan fingerprint density at radius 3 is 2.89 bits per heavy atom. The first kappa shape index (κ1) is 12.0. The van der Waals surface area contributed by atoms with E-state index in [9.17, 15) is 0 Å². The van der Waals surface area contributed by atoms with Crippen LogP contribution in [-0.4, -0.2) is 26.8 Å². The maximum atomic E-state index is 5.91. The number of rotatable bonds is 4. The average molecular weight is 259 g/mol. The summed E-state index contributed by atoms with van der Waals surface area (Å²) in [7, 11) is 0. The van der Waals surface area contributed by atoms with E-state index in [0.29, 0.717) is 24.3 Å². The van der Waals surface area contributed by atoms with Crippen LogP contribution in [0.25, 0.3) is 11.4 Å². The lowest BCUT2D eigenvalue weighted by molar-refractivity contribution is 0.340. The Hall–Kier alpha value is -2.11. The normalized spacial score (nSPS) is 21.4. The zero-order valence-corrected chi connectivity index (χ0v) is 11.1. The molecule has 6 heteroatoms. The zero-order chi connectivity index (χ0) is 13.4. The number of aromatic nitrogens is 4. The van der Waals surface area contributed by atoms with Crippen molar-refractivity contribution >= 4 is 5.69 Å². The standard InChI is InChI=1S/C13H17N5O/c1-3-19-11-6-9(5-10(14)7-11)13-15-16-17-18(13)12-4-8(12)2/h5-8,12H,3-4,14H2,1-2H3. The van der Waals surface area contributed by atoms with Crippen LogP contribution in [0.1, 0.15) is 26.3 Å². The quantitative estimate of drug-likeness (QED) is 0.848. The van der Waals surface area contributed by atoms with Crippen molar-refractivity contribution in [2.45, 2.75) is 26.3 Å². The smallest absolute Gasteiger partial charge is 0.182 e. The van der Waals surface area contributed by atoms with Gasteiger partial charge in [0, 0.05) is 17.3 Å². The second kappa shape index (κ2) is 4.53. The number of nitrogen functional groups attached to an aromatic ring is 1. The van der Waals surface area contributed by atoms with Gasteiger partial charge in [0.1, 0.15) is 5.75 Å². The first-order chi connectivity index (χ1) is 9.19. The first-order valence-corrected chi connectivity index (χ1v) is 6.50. The van der Waals surface area contributed by atoms with Gasteiger partial charge >= 0.3 is 0 Å². The van der Waals surface area contributed by atoms with Gasteiger partial charge < -0.3 is 10.5 Å². The van der Waals surface area contributed by atoms with Crippen LogP contribution in [0, 0.1) is 5.92 Å². The van der Waals surface area contributed by atoms with E-state index in [2.05, 4.69) is 22.4 Å². The number of benzene rings is 1. The summed E-state index contributed by atoms with van der Waals surface area (Å²) in [6.45, 7) is 4.74. The van der Waals surface area contributed by atoms with Crippen molar-refractivity contribution < 1.29 is 4.74 Å². The van der Waals surface area contributed by atoms with Crippen LogP contribution in [0.4, 0.5) is 5.69 Å². The fraction of sp³-hybridized carbons (Fsp3) is 0.462. The third-order valence-corrected chi connectivity index (χ3v) is 3.37. The summed E-state index contributed by atoms with van der Waals surface area (Å²) in [5.74, 6) is 2.13. The monoisotopic (exact) mass is 259 g/mol. The number of hydrogen-bond acceptors (Lipinski definition) is 5. The van der Waals surface area contributed by atoms with Gasteiger partial charge in [-0.3, -0.25) is 0 Å². The van der Waals surface area contributed by atoms with E-state index in [0.717, 1.165) is 23.6 Å². The molecule has 1 fully saturated rings. The molecule has 1 heterocycles. The van der Waals surface area contributed by atoms with Gasteiger partial charge in [0.25, 0.3) is 0 Å². The molecule has 0 saturated heterocycles. The van der Waals surface area contributed by atoms with Crippen LogP contribution in [0.3, 0.4) is 0 Å². The molecule has 2 aromatic rings. The summed E-state index contributed by atoms with van der Waals surface area (Å²) in [5, 5.41) is 12.0. The summed E-state index contributed by atoms with van der Waals surface area (Å²) < 4.78 is 7.39. The molecule has 2 N–H and O–H groups in total. The molecular weight excluding hydrogens is 242 g/mol. The highest BCUT2D eigenvalue weighted by atomic mass is 16.5. The number of hydrogen-bond donors (Lipinski definition) is 1. The lowest BCUT2D eigenvalue weighted by atomic mass is 10.1. The molecule has 2 atom stereocenters. The van der Waals surface area contributed by atoms with Gasteiger partial charge in [0.15, 0.2) is 5.82 Å². The molecule has 1 aliphatic rings. The molecule has 3 rings (SSSR count). The molecule has 6 nitrogen and oxygen atoms in total. The fourth-order valence-corrected chi connectivity index (χ4v) is 2.25.